The lowest BCUT2D eigenvalue weighted by Crippen LogP contribution is -2.44. The first-order valence-corrected chi connectivity index (χ1v) is 9.18. The topological polar surface area (TPSA) is 110 Å². The van der Waals surface area contributed by atoms with Gasteiger partial charge < -0.3 is 15.6 Å². The van der Waals surface area contributed by atoms with Crippen LogP contribution in [-0.4, -0.2) is 44.8 Å². The van der Waals surface area contributed by atoms with Crippen molar-refractivity contribution in [2.45, 2.75) is 18.9 Å². The van der Waals surface area contributed by atoms with E-state index in [0.29, 0.717) is 17.9 Å². The van der Waals surface area contributed by atoms with E-state index in [0.717, 1.165) is 16.7 Å². The normalized spacial score (nSPS) is 16.4. The fourth-order valence-electron chi connectivity index (χ4n) is 2.41. The van der Waals surface area contributed by atoms with E-state index in [1.165, 1.54) is 0 Å². The van der Waals surface area contributed by atoms with Crippen molar-refractivity contribution < 1.29 is 24.2 Å². The molecule has 0 aliphatic carbocycles. The summed E-state index contributed by atoms with van der Waals surface area (Å²) >= 11 is 6.20. The quantitative estimate of drug-likeness (QED) is 0.367. The van der Waals surface area contributed by atoms with Crippen molar-refractivity contribution in [1.29, 1.82) is 0 Å². The van der Waals surface area contributed by atoms with Crippen molar-refractivity contribution in [3.05, 3.63) is 47.4 Å². The van der Waals surface area contributed by atoms with Gasteiger partial charge in [0.05, 0.1) is 4.91 Å². The first kappa shape index (κ1) is 20.7. The summed E-state index contributed by atoms with van der Waals surface area (Å²) in [5, 5.41) is 9.44. The van der Waals surface area contributed by atoms with Crippen molar-refractivity contribution in [1.82, 2.24) is 4.90 Å². The number of aliphatic carboxylic acids is 1. The molecule has 0 bridgehead atoms. The van der Waals surface area contributed by atoms with Crippen molar-refractivity contribution in [2.75, 3.05) is 6.61 Å². The number of benzene rings is 1. The predicted molar refractivity (Wildman–Crippen MR) is 107 cm³/mol. The first-order chi connectivity index (χ1) is 12.8. The molecule has 1 unspecified atom stereocenters. The molecular weight excluding hydrogens is 388 g/mol. The Balaban J connectivity index is 2.29. The Morgan fingerprint density at radius 2 is 2.11 bits per heavy atom. The molecule has 0 saturated carbocycles. The van der Waals surface area contributed by atoms with Gasteiger partial charge in [0.25, 0.3) is 5.91 Å². The number of nitrogens with two attached hydrogens (primary N) is 1. The smallest absolute Gasteiger partial charge is 0.326 e. The largest absolute Gasteiger partial charge is 0.489 e. The molecular formula is C18H18N2O5S2. The van der Waals surface area contributed by atoms with Crippen LogP contribution in [0.4, 0.5) is 0 Å². The first-order valence-electron chi connectivity index (χ1n) is 7.96. The number of thiocarbonyl (C=S) groups is 1. The molecule has 2 amide bonds. The molecule has 7 nitrogen and oxygen atoms in total. The molecule has 0 spiro atoms. The van der Waals surface area contributed by atoms with Gasteiger partial charge >= 0.3 is 5.97 Å². The molecule has 1 saturated heterocycles. The minimum atomic E-state index is -1.25. The lowest BCUT2D eigenvalue weighted by Gasteiger charge is -2.22. The zero-order chi connectivity index (χ0) is 20.0. The number of ether oxygens (including phenoxy) is 1. The molecule has 27 heavy (non-hydrogen) atoms. The number of carbonyl (C=O) groups excluding carboxylic acids is 2. The third-order valence-corrected chi connectivity index (χ3v) is 4.98. The summed E-state index contributed by atoms with van der Waals surface area (Å²) in [4.78, 5) is 36.6. The number of carbonyl (C=O) groups is 3. The second-order valence-corrected chi connectivity index (χ2v) is 7.22. The molecule has 0 aromatic heterocycles. The highest BCUT2D eigenvalue weighted by molar-refractivity contribution is 8.26. The Labute approximate surface area is 165 Å². The summed E-state index contributed by atoms with van der Waals surface area (Å²) < 4.78 is 5.68. The van der Waals surface area contributed by atoms with Gasteiger partial charge in [-0.15, -0.1) is 0 Å². The zero-order valence-electron chi connectivity index (χ0n) is 14.3. The van der Waals surface area contributed by atoms with E-state index in [1.54, 1.807) is 36.4 Å². The number of carboxylic acid groups (broad SMARTS) is 1. The van der Waals surface area contributed by atoms with Crippen molar-refractivity contribution in [3.8, 4) is 5.75 Å². The van der Waals surface area contributed by atoms with E-state index in [2.05, 4.69) is 6.58 Å². The summed E-state index contributed by atoms with van der Waals surface area (Å²) in [5.41, 5.74) is 5.75. The molecule has 1 aromatic rings. The highest BCUT2D eigenvalue weighted by Crippen LogP contribution is 2.36. The Bertz CT molecular complexity index is 822. The van der Waals surface area contributed by atoms with Crippen LogP contribution in [0.5, 0.6) is 5.75 Å². The third kappa shape index (κ3) is 5.18. The van der Waals surface area contributed by atoms with Gasteiger partial charge in [-0.05, 0) is 18.6 Å². The number of rotatable bonds is 9. The number of thioether (sulfide) groups is 1. The Morgan fingerprint density at radius 3 is 2.74 bits per heavy atom. The Kier molecular flexibility index (Phi) is 7.14. The fraction of sp³-hybridized carbons (Fsp3) is 0.222. The zero-order valence-corrected chi connectivity index (χ0v) is 15.9. The summed E-state index contributed by atoms with van der Waals surface area (Å²) in [6, 6.07) is 5.87. The van der Waals surface area contributed by atoms with Gasteiger partial charge in [0.15, 0.2) is 0 Å². The highest BCUT2D eigenvalue weighted by Gasteiger charge is 2.40. The molecule has 1 aromatic carbocycles. The summed E-state index contributed by atoms with van der Waals surface area (Å²) in [6.45, 7) is 3.90. The molecule has 3 N–H and O–H groups in total. The van der Waals surface area contributed by atoms with E-state index >= 15 is 0 Å². The number of primary amides is 1. The van der Waals surface area contributed by atoms with E-state index in [9.17, 15) is 19.5 Å². The maximum atomic E-state index is 12.7. The fourth-order valence-corrected chi connectivity index (χ4v) is 3.76. The van der Waals surface area contributed by atoms with Crippen LogP contribution >= 0.6 is 24.0 Å². The van der Waals surface area contributed by atoms with E-state index in [-0.39, 0.29) is 22.1 Å². The van der Waals surface area contributed by atoms with Gasteiger partial charge in [-0.3, -0.25) is 14.5 Å². The van der Waals surface area contributed by atoms with Gasteiger partial charge in [0.1, 0.15) is 22.7 Å². The van der Waals surface area contributed by atoms with E-state index < -0.39 is 23.8 Å². The van der Waals surface area contributed by atoms with Crippen LogP contribution in [0.15, 0.2) is 41.8 Å². The maximum absolute atomic E-state index is 12.7. The number of amides is 2. The SMILES string of the molecule is C=CCOc1ccccc1/C=C1\SC(=S)N(C(CCC(N)=O)C(=O)O)C1=O. The minimum Gasteiger partial charge on any atom is -0.489 e. The van der Waals surface area contributed by atoms with E-state index in [1.807, 2.05) is 0 Å². The summed E-state index contributed by atoms with van der Waals surface area (Å²) in [6.07, 6.45) is 2.94. The molecule has 142 valence electrons. The van der Waals surface area contributed by atoms with Crippen LogP contribution in [0.3, 0.4) is 0 Å². The molecule has 1 heterocycles. The standard InChI is InChI=1S/C18H18N2O5S2/c1-2-9-25-13-6-4-3-5-11(13)10-14-16(22)20(18(26)27-14)12(17(23)24)7-8-15(19)21/h2-6,10,12H,1,7-9H2,(H2,19,21)(H,23,24)/b14-10-. The molecule has 1 aliphatic heterocycles. The van der Waals surface area contributed by atoms with Gasteiger partial charge in [0.2, 0.25) is 5.91 Å². The van der Waals surface area contributed by atoms with Crippen LogP contribution in [0.2, 0.25) is 0 Å². The van der Waals surface area contributed by atoms with Crippen LogP contribution < -0.4 is 10.5 Å². The van der Waals surface area contributed by atoms with Crippen LogP contribution in [0.1, 0.15) is 18.4 Å². The molecule has 0 radical (unpaired) electrons. The maximum Gasteiger partial charge on any atom is 0.326 e. The number of nitrogens with zero attached hydrogens (tertiary/aromatic N) is 1. The van der Waals surface area contributed by atoms with Crippen LogP contribution in [0.25, 0.3) is 6.08 Å². The van der Waals surface area contributed by atoms with Gasteiger partial charge in [-0.25, -0.2) is 4.79 Å². The lowest BCUT2D eigenvalue weighted by atomic mass is 10.1. The monoisotopic (exact) mass is 406 g/mol. The average molecular weight is 406 g/mol. The molecule has 2 rings (SSSR count). The highest BCUT2D eigenvalue weighted by atomic mass is 32.2. The second kappa shape index (κ2) is 9.33. The number of hydrogen-bond donors (Lipinski definition) is 2. The predicted octanol–water partition coefficient (Wildman–Crippen LogP) is 2.17. The van der Waals surface area contributed by atoms with Crippen molar-refractivity contribution in [3.63, 3.8) is 0 Å². The lowest BCUT2D eigenvalue weighted by molar-refractivity contribution is -0.145. The number of carboxylic acids is 1. The van der Waals surface area contributed by atoms with Gasteiger partial charge in [-0.2, -0.15) is 0 Å². The second-order valence-electron chi connectivity index (χ2n) is 5.55. The van der Waals surface area contributed by atoms with Gasteiger partial charge in [0, 0.05) is 12.0 Å². The summed E-state index contributed by atoms with van der Waals surface area (Å²) in [5.74, 6) is -1.86. The van der Waals surface area contributed by atoms with E-state index in [4.69, 9.17) is 22.7 Å². The molecule has 1 fully saturated rings. The minimum absolute atomic E-state index is 0.108. The average Bonchev–Trinajstić information content (AvgIpc) is 2.88. The van der Waals surface area contributed by atoms with Gasteiger partial charge in [-0.1, -0.05) is 54.8 Å². The van der Waals surface area contributed by atoms with Crippen molar-refractivity contribution in [2.24, 2.45) is 5.73 Å². The third-order valence-electron chi connectivity index (χ3n) is 3.65. The molecule has 1 aliphatic rings. The van der Waals surface area contributed by atoms with Crippen LogP contribution in [-0.2, 0) is 14.4 Å². The van der Waals surface area contributed by atoms with Crippen LogP contribution in [0, 0.1) is 0 Å². The van der Waals surface area contributed by atoms with Crippen molar-refractivity contribution >= 4 is 52.2 Å². The summed E-state index contributed by atoms with van der Waals surface area (Å²) in [7, 11) is 0. The number of para-hydroxylation sites is 1. The molecule has 1 atom stereocenters. The number of hydrogen-bond acceptors (Lipinski definition) is 6. The molecule has 9 heteroatoms. The Hall–Kier alpha value is -2.65. The Morgan fingerprint density at radius 1 is 1.41 bits per heavy atom.